The number of thiazole rings is 1. The number of halogens is 1. The summed E-state index contributed by atoms with van der Waals surface area (Å²) in [5.41, 5.74) is -0.519. The Morgan fingerprint density at radius 1 is 1.05 bits per heavy atom. The lowest BCUT2D eigenvalue weighted by atomic mass is 9.85. The number of alkyl carbamates (subject to hydrolysis) is 1. The molecule has 3 amide bonds. The molecule has 346 valence electrons. The second kappa shape index (κ2) is 18.6. The van der Waals surface area contributed by atoms with Crippen LogP contribution in [0, 0.1) is 23.2 Å². The van der Waals surface area contributed by atoms with Crippen molar-refractivity contribution in [2.45, 2.75) is 103 Å². The van der Waals surface area contributed by atoms with E-state index in [9.17, 15) is 19.2 Å². The highest BCUT2D eigenvalue weighted by atomic mass is 35.5. The van der Waals surface area contributed by atoms with Gasteiger partial charge >= 0.3 is 12.1 Å². The van der Waals surface area contributed by atoms with E-state index in [0.717, 1.165) is 50.7 Å². The first-order valence-electron chi connectivity index (χ1n) is 22.5. The van der Waals surface area contributed by atoms with Crippen molar-refractivity contribution in [2.75, 3.05) is 58.3 Å². The minimum Gasteiger partial charge on any atom is -0.491 e. The summed E-state index contributed by atoms with van der Waals surface area (Å²) in [5.74, 6) is 0.147. The molecule has 18 heteroatoms. The van der Waals surface area contributed by atoms with E-state index in [-0.39, 0.29) is 31.0 Å². The molecule has 8 rings (SSSR count). The number of likely N-dealkylation sites (tertiary alicyclic amines) is 1. The van der Waals surface area contributed by atoms with Gasteiger partial charge in [0.05, 0.1) is 24.9 Å². The number of benzene rings is 1. The Kier molecular flexibility index (Phi) is 13.4. The molecular formula is C46H61ClN8O8S. The summed E-state index contributed by atoms with van der Waals surface area (Å²) in [7, 11) is 1.27. The number of anilines is 1. The molecule has 0 bridgehead atoms. The molecule has 0 radical (unpaired) electrons. The van der Waals surface area contributed by atoms with Crippen LogP contribution in [0.2, 0.25) is 5.02 Å². The zero-order valence-electron chi connectivity index (χ0n) is 37.5. The number of carbonyl (C=O) groups is 4. The molecule has 0 spiro atoms. The quantitative estimate of drug-likeness (QED) is 0.102. The highest BCUT2D eigenvalue weighted by molar-refractivity contribution is 7.14. The number of amides is 3. The Labute approximate surface area is 383 Å². The molecular weight excluding hydrogens is 860 g/mol. The van der Waals surface area contributed by atoms with E-state index in [1.165, 1.54) is 29.8 Å². The average Bonchev–Trinajstić information content (AvgIpc) is 3.92. The van der Waals surface area contributed by atoms with Gasteiger partial charge in [0.1, 0.15) is 58.7 Å². The summed E-state index contributed by atoms with van der Waals surface area (Å²) in [6, 6.07) is 3.48. The maximum Gasteiger partial charge on any atom is 0.408 e. The summed E-state index contributed by atoms with van der Waals surface area (Å²) < 4.78 is 24.0. The van der Waals surface area contributed by atoms with E-state index in [1.54, 1.807) is 18.2 Å². The molecule has 8 atom stereocenters. The Hall–Kier alpha value is -4.71. The van der Waals surface area contributed by atoms with Crippen molar-refractivity contribution in [3.05, 3.63) is 41.3 Å². The number of esters is 1. The first kappa shape index (κ1) is 45.8. The summed E-state index contributed by atoms with van der Waals surface area (Å²) in [6.45, 7) is 18.4. The SMILES string of the molecule is C=C[C@@H]1CC1(NC(=O)[C@@H]1C[C@@H](Oc2cc(-c3csc(NC(C)C)n3)nc3c(Cl)c(OCCN4CCNCC4)ccc23)CN1C(=O)[C@@H](NC(=O)O[C@@H]1C[C@@H]2C[C@@H]2C1)C(C)(C)C)C(=O)OC. The maximum atomic E-state index is 14.9. The first-order valence-corrected chi connectivity index (χ1v) is 23.7. The summed E-state index contributed by atoms with van der Waals surface area (Å²) in [5, 5.41) is 16.1. The highest BCUT2D eigenvalue weighted by Gasteiger charge is 2.62. The molecule has 2 aromatic heterocycles. The van der Waals surface area contributed by atoms with Crippen molar-refractivity contribution >= 4 is 62.8 Å². The summed E-state index contributed by atoms with van der Waals surface area (Å²) in [6.07, 6.45) is 3.25. The third-order valence-electron chi connectivity index (χ3n) is 13.1. The van der Waals surface area contributed by atoms with Gasteiger partial charge in [-0.15, -0.1) is 17.9 Å². The molecule has 3 saturated carbocycles. The molecule has 4 heterocycles. The predicted octanol–water partition coefficient (Wildman–Crippen LogP) is 5.64. The van der Waals surface area contributed by atoms with Crippen molar-refractivity contribution in [3.8, 4) is 22.9 Å². The third kappa shape index (κ3) is 9.92. The number of hydrogen-bond acceptors (Lipinski definition) is 14. The van der Waals surface area contributed by atoms with Gasteiger partial charge in [-0.1, -0.05) is 38.4 Å². The van der Waals surface area contributed by atoms with Crippen molar-refractivity contribution in [2.24, 2.45) is 23.2 Å². The van der Waals surface area contributed by atoms with Crippen LogP contribution in [-0.4, -0.2) is 133 Å². The first-order chi connectivity index (χ1) is 30.6. The van der Waals surface area contributed by atoms with Crippen LogP contribution in [0.1, 0.15) is 66.7 Å². The van der Waals surface area contributed by atoms with E-state index in [4.69, 9.17) is 40.5 Å². The lowest BCUT2D eigenvalue weighted by Gasteiger charge is -2.35. The van der Waals surface area contributed by atoms with Crippen LogP contribution in [0.3, 0.4) is 0 Å². The van der Waals surface area contributed by atoms with Crippen molar-refractivity contribution in [1.82, 2.24) is 35.7 Å². The van der Waals surface area contributed by atoms with E-state index in [1.807, 2.05) is 46.1 Å². The fourth-order valence-corrected chi connectivity index (χ4v) is 10.5. The van der Waals surface area contributed by atoms with Crippen LogP contribution in [0.15, 0.2) is 36.2 Å². The molecule has 2 saturated heterocycles. The van der Waals surface area contributed by atoms with Gasteiger partial charge in [-0.05, 0) is 68.9 Å². The Bertz CT molecular complexity index is 2250. The molecule has 3 aromatic rings. The van der Waals surface area contributed by atoms with Crippen molar-refractivity contribution < 1.29 is 38.1 Å². The zero-order chi connectivity index (χ0) is 45.5. The number of aromatic nitrogens is 2. The molecule has 2 aliphatic heterocycles. The lowest BCUT2D eigenvalue weighted by Crippen LogP contribution is -2.59. The largest absolute Gasteiger partial charge is 0.491 e. The summed E-state index contributed by atoms with van der Waals surface area (Å²) >= 11 is 8.59. The van der Waals surface area contributed by atoms with Gasteiger partial charge in [0.25, 0.3) is 0 Å². The molecule has 1 unspecified atom stereocenters. The minimum absolute atomic E-state index is 0.0123. The normalized spacial score (nSPS) is 26.8. The number of nitrogens with zero attached hydrogens (tertiary/aromatic N) is 4. The van der Waals surface area contributed by atoms with Gasteiger partial charge in [0.2, 0.25) is 11.8 Å². The maximum absolute atomic E-state index is 14.9. The number of piperazine rings is 1. The summed E-state index contributed by atoms with van der Waals surface area (Å²) in [4.78, 5) is 69.4. The molecule has 5 aliphatic rings. The Morgan fingerprint density at radius 2 is 1.80 bits per heavy atom. The van der Waals surface area contributed by atoms with E-state index in [2.05, 4.69) is 32.7 Å². The van der Waals surface area contributed by atoms with Crippen LogP contribution in [0.25, 0.3) is 22.3 Å². The average molecular weight is 922 g/mol. The van der Waals surface area contributed by atoms with Crippen molar-refractivity contribution in [1.29, 1.82) is 0 Å². The van der Waals surface area contributed by atoms with Crippen LogP contribution in [0.4, 0.5) is 9.93 Å². The smallest absolute Gasteiger partial charge is 0.408 e. The van der Waals surface area contributed by atoms with Crippen LogP contribution >= 0.6 is 22.9 Å². The number of hydrogen-bond donors (Lipinski definition) is 4. The van der Waals surface area contributed by atoms with Crippen LogP contribution in [0.5, 0.6) is 11.5 Å². The monoisotopic (exact) mass is 920 g/mol. The van der Waals surface area contributed by atoms with E-state index < -0.39 is 53.0 Å². The number of pyridine rings is 1. The number of nitrogens with one attached hydrogen (secondary N) is 4. The predicted molar refractivity (Wildman–Crippen MR) is 245 cm³/mol. The minimum atomic E-state index is -1.30. The van der Waals surface area contributed by atoms with E-state index >= 15 is 0 Å². The lowest BCUT2D eigenvalue weighted by molar-refractivity contribution is -0.148. The molecule has 5 fully saturated rings. The number of ether oxygens (including phenoxy) is 4. The third-order valence-corrected chi connectivity index (χ3v) is 14.2. The Morgan fingerprint density at radius 3 is 2.47 bits per heavy atom. The van der Waals surface area contributed by atoms with E-state index in [0.29, 0.717) is 63.7 Å². The number of rotatable bonds is 16. The fraction of sp³-hybridized carbons (Fsp3) is 0.609. The second-order valence-corrected chi connectivity index (χ2v) is 20.5. The molecule has 16 nitrogen and oxygen atoms in total. The number of methoxy groups -OCH3 is 1. The molecule has 3 aliphatic carbocycles. The van der Waals surface area contributed by atoms with Gasteiger partial charge in [-0.2, -0.15) is 0 Å². The topological polar surface area (TPSA) is 186 Å². The highest BCUT2D eigenvalue weighted by Crippen LogP contribution is 2.52. The van der Waals surface area contributed by atoms with Gasteiger partial charge in [-0.25, -0.2) is 19.6 Å². The van der Waals surface area contributed by atoms with Gasteiger partial charge in [-0.3, -0.25) is 14.5 Å². The molecule has 1 aromatic carbocycles. The zero-order valence-corrected chi connectivity index (χ0v) is 39.1. The van der Waals surface area contributed by atoms with Crippen molar-refractivity contribution in [3.63, 3.8) is 0 Å². The number of fused-ring (bicyclic) bond motifs is 2. The number of carbonyl (C=O) groups excluding carboxylic acids is 4. The second-order valence-electron chi connectivity index (χ2n) is 19.2. The standard InChI is InChI=1S/C46H61ClN8O8S/c1-8-28-22-46(28,42(58)60-7)53-40(56)34-20-30(23-55(34)41(57)39(45(4,5)6)52-44(59)63-29-18-26-17-27(26)19-29)62-36-21-32(33-24-64-43(51-33)49-25(2)3)50-38-31(36)9-10-35(37(38)47)61-16-15-54-13-11-48-12-14-54/h8-10,21,24-30,34,39,48H,1,11-20,22-23H2,2-7H3,(H,49,51)(H,52,59)(H,53,56)/t26-,27+,28-,29+,30-,34+,39-,46?/m1/s1. The Balaban J connectivity index is 1.10. The molecule has 64 heavy (non-hydrogen) atoms. The van der Waals surface area contributed by atoms with Crippen LogP contribution < -0.4 is 30.7 Å². The fourth-order valence-electron chi connectivity index (χ4n) is 9.39. The van der Waals surface area contributed by atoms with Gasteiger partial charge in [0, 0.05) is 67.9 Å². The van der Waals surface area contributed by atoms with Gasteiger partial charge < -0.3 is 45.1 Å². The molecule has 4 N–H and O–H groups in total. The van der Waals surface area contributed by atoms with Crippen LogP contribution in [-0.2, 0) is 23.9 Å². The van der Waals surface area contributed by atoms with Gasteiger partial charge in [0.15, 0.2) is 5.13 Å².